The van der Waals surface area contributed by atoms with Crippen molar-refractivity contribution in [1.82, 2.24) is 0 Å². The molecule has 0 radical (unpaired) electrons. The van der Waals surface area contributed by atoms with Gasteiger partial charge in [-0.25, -0.2) is 8.42 Å². The molecule has 6 heteroatoms. The summed E-state index contributed by atoms with van der Waals surface area (Å²) in [6.07, 6.45) is 0. The molecular formula is C13H14BrNO2S2. The average Bonchev–Trinajstić information content (AvgIpc) is 2.77. The maximum absolute atomic E-state index is 12.6. The van der Waals surface area contributed by atoms with Crippen molar-refractivity contribution in [2.24, 2.45) is 0 Å². The van der Waals surface area contributed by atoms with Crippen molar-refractivity contribution >= 4 is 43.0 Å². The zero-order chi connectivity index (χ0) is 14.0. The van der Waals surface area contributed by atoms with E-state index < -0.39 is 10.0 Å². The molecule has 0 N–H and O–H groups in total. The van der Waals surface area contributed by atoms with Gasteiger partial charge in [0.15, 0.2) is 0 Å². The van der Waals surface area contributed by atoms with E-state index in [0.29, 0.717) is 16.4 Å². The Morgan fingerprint density at radius 3 is 2.53 bits per heavy atom. The Morgan fingerprint density at radius 1 is 1.26 bits per heavy atom. The van der Waals surface area contributed by atoms with Crippen LogP contribution in [0.5, 0.6) is 0 Å². The van der Waals surface area contributed by atoms with Gasteiger partial charge in [0.05, 0.1) is 9.47 Å². The third-order valence-electron chi connectivity index (χ3n) is 2.67. The summed E-state index contributed by atoms with van der Waals surface area (Å²) < 4.78 is 27.8. The Hall–Kier alpha value is -0.850. The second-order valence-electron chi connectivity index (χ2n) is 4.07. The molecule has 1 heterocycles. The highest BCUT2D eigenvalue weighted by Gasteiger charge is 2.25. The summed E-state index contributed by atoms with van der Waals surface area (Å²) in [5.41, 5.74) is 1.74. The molecule has 0 aliphatic heterocycles. The Kier molecular flexibility index (Phi) is 4.32. The quantitative estimate of drug-likeness (QED) is 0.825. The van der Waals surface area contributed by atoms with Crippen molar-refractivity contribution < 1.29 is 8.42 Å². The SMILES string of the molecule is CCN(c1cccc(C)c1)S(=O)(=O)c1ccc(Br)s1. The first-order valence-electron chi connectivity index (χ1n) is 5.80. The minimum atomic E-state index is -3.48. The van der Waals surface area contributed by atoms with Crippen LogP contribution < -0.4 is 4.31 Å². The number of sulfonamides is 1. The molecule has 1 aromatic carbocycles. The van der Waals surface area contributed by atoms with Gasteiger partial charge in [-0.05, 0) is 59.6 Å². The molecule has 3 nitrogen and oxygen atoms in total. The summed E-state index contributed by atoms with van der Waals surface area (Å²) >= 11 is 4.52. The van der Waals surface area contributed by atoms with Gasteiger partial charge in [0.25, 0.3) is 10.0 Å². The van der Waals surface area contributed by atoms with Crippen molar-refractivity contribution in [1.29, 1.82) is 0 Å². The first-order chi connectivity index (χ1) is 8.95. The maximum Gasteiger partial charge on any atom is 0.273 e. The van der Waals surface area contributed by atoms with Crippen LogP contribution in [-0.4, -0.2) is 15.0 Å². The number of aryl methyl sites for hydroxylation is 1. The lowest BCUT2D eigenvalue weighted by Crippen LogP contribution is -2.30. The Morgan fingerprint density at radius 2 is 2.00 bits per heavy atom. The van der Waals surface area contributed by atoms with Gasteiger partial charge < -0.3 is 0 Å². The van der Waals surface area contributed by atoms with Gasteiger partial charge in [-0.1, -0.05) is 12.1 Å². The van der Waals surface area contributed by atoms with Crippen LogP contribution in [-0.2, 0) is 10.0 Å². The lowest BCUT2D eigenvalue weighted by Gasteiger charge is -2.22. The molecule has 0 unspecified atom stereocenters. The zero-order valence-corrected chi connectivity index (χ0v) is 13.8. The summed E-state index contributed by atoms with van der Waals surface area (Å²) in [6, 6.07) is 10.9. The molecule has 0 saturated carbocycles. The summed E-state index contributed by atoms with van der Waals surface area (Å²) in [7, 11) is -3.48. The lowest BCUT2D eigenvalue weighted by molar-refractivity contribution is 0.594. The molecule has 2 aromatic rings. The number of nitrogens with zero attached hydrogens (tertiary/aromatic N) is 1. The van der Waals surface area contributed by atoms with Gasteiger partial charge in [0.2, 0.25) is 0 Å². The molecule has 0 fully saturated rings. The van der Waals surface area contributed by atoms with E-state index in [1.807, 2.05) is 38.1 Å². The summed E-state index contributed by atoms with van der Waals surface area (Å²) in [5, 5.41) is 0. The van der Waals surface area contributed by atoms with Crippen LogP contribution in [0.25, 0.3) is 0 Å². The second-order valence-corrected chi connectivity index (χ2v) is 8.62. The van der Waals surface area contributed by atoms with Gasteiger partial charge in [0.1, 0.15) is 4.21 Å². The minimum absolute atomic E-state index is 0.350. The van der Waals surface area contributed by atoms with Gasteiger partial charge in [-0.2, -0.15) is 0 Å². The first-order valence-corrected chi connectivity index (χ1v) is 8.85. The van der Waals surface area contributed by atoms with E-state index in [4.69, 9.17) is 0 Å². The highest BCUT2D eigenvalue weighted by atomic mass is 79.9. The molecule has 19 heavy (non-hydrogen) atoms. The van der Waals surface area contributed by atoms with Crippen molar-refractivity contribution in [3.63, 3.8) is 0 Å². The van der Waals surface area contributed by atoms with Gasteiger partial charge in [0, 0.05) is 6.54 Å². The number of rotatable bonds is 4. The maximum atomic E-state index is 12.6. The van der Waals surface area contributed by atoms with E-state index in [1.165, 1.54) is 15.6 Å². The fraction of sp³-hybridized carbons (Fsp3) is 0.231. The number of hydrogen-bond donors (Lipinski definition) is 0. The molecule has 102 valence electrons. The third kappa shape index (κ3) is 3.01. The van der Waals surface area contributed by atoms with E-state index >= 15 is 0 Å². The smallest absolute Gasteiger partial charge is 0.266 e. The molecule has 1 aromatic heterocycles. The van der Waals surface area contributed by atoms with E-state index in [2.05, 4.69) is 15.9 Å². The van der Waals surface area contributed by atoms with Crippen LogP contribution in [0, 0.1) is 6.92 Å². The number of halogens is 1. The molecule has 0 amide bonds. The summed E-state index contributed by atoms with van der Waals surface area (Å²) in [4.78, 5) is 0. The van der Waals surface area contributed by atoms with E-state index in [-0.39, 0.29) is 0 Å². The van der Waals surface area contributed by atoms with Crippen LogP contribution in [0.2, 0.25) is 0 Å². The van der Waals surface area contributed by atoms with Crippen LogP contribution in [0.15, 0.2) is 44.4 Å². The van der Waals surface area contributed by atoms with Crippen LogP contribution >= 0.6 is 27.3 Å². The van der Waals surface area contributed by atoms with Gasteiger partial charge in [-0.15, -0.1) is 11.3 Å². The van der Waals surface area contributed by atoms with Crippen LogP contribution in [0.4, 0.5) is 5.69 Å². The van der Waals surface area contributed by atoms with Gasteiger partial charge in [-0.3, -0.25) is 4.31 Å². The topological polar surface area (TPSA) is 37.4 Å². The van der Waals surface area contributed by atoms with Crippen molar-refractivity contribution in [2.45, 2.75) is 18.1 Å². The van der Waals surface area contributed by atoms with Crippen LogP contribution in [0.3, 0.4) is 0 Å². The monoisotopic (exact) mass is 359 g/mol. The number of benzene rings is 1. The predicted molar refractivity (Wildman–Crippen MR) is 83.4 cm³/mol. The minimum Gasteiger partial charge on any atom is -0.266 e. The highest BCUT2D eigenvalue weighted by molar-refractivity contribution is 9.11. The van der Waals surface area contributed by atoms with Crippen molar-refractivity contribution in [3.05, 3.63) is 45.7 Å². The standard InChI is InChI=1S/C13H14BrNO2S2/c1-3-15(11-6-4-5-10(2)9-11)19(16,17)13-8-7-12(14)18-13/h4-9H,3H2,1-2H3. The van der Waals surface area contributed by atoms with E-state index in [0.717, 1.165) is 9.35 Å². The highest BCUT2D eigenvalue weighted by Crippen LogP contribution is 2.31. The summed E-state index contributed by atoms with van der Waals surface area (Å²) in [6.45, 7) is 4.19. The summed E-state index contributed by atoms with van der Waals surface area (Å²) in [5.74, 6) is 0. The molecule has 2 rings (SSSR count). The molecule has 0 aliphatic rings. The molecule has 0 saturated heterocycles. The Balaban J connectivity index is 2.47. The first kappa shape index (κ1) is 14.6. The largest absolute Gasteiger partial charge is 0.273 e. The molecular weight excluding hydrogens is 346 g/mol. The second kappa shape index (κ2) is 5.64. The number of hydrogen-bond acceptors (Lipinski definition) is 3. The van der Waals surface area contributed by atoms with Crippen molar-refractivity contribution in [2.75, 3.05) is 10.8 Å². The van der Waals surface area contributed by atoms with E-state index in [9.17, 15) is 8.42 Å². The Labute approximate surface area is 126 Å². The normalized spacial score (nSPS) is 11.5. The predicted octanol–water partition coefficient (Wildman–Crippen LogP) is 4.03. The molecule has 0 spiro atoms. The number of thiophene rings is 1. The van der Waals surface area contributed by atoms with Gasteiger partial charge >= 0.3 is 0 Å². The van der Waals surface area contributed by atoms with Crippen molar-refractivity contribution in [3.8, 4) is 0 Å². The average molecular weight is 360 g/mol. The number of anilines is 1. The fourth-order valence-corrected chi connectivity index (χ4v) is 5.41. The fourth-order valence-electron chi connectivity index (χ4n) is 1.82. The molecule has 0 atom stereocenters. The Bertz CT molecular complexity index is 679. The van der Waals surface area contributed by atoms with Crippen LogP contribution in [0.1, 0.15) is 12.5 Å². The third-order valence-corrected chi connectivity index (χ3v) is 6.66. The lowest BCUT2D eigenvalue weighted by atomic mass is 10.2. The molecule has 0 bridgehead atoms. The molecule has 0 aliphatic carbocycles. The van der Waals surface area contributed by atoms with E-state index in [1.54, 1.807) is 12.1 Å². The zero-order valence-electron chi connectivity index (χ0n) is 10.6.